The van der Waals surface area contributed by atoms with Crippen molar-refractivity contribution in [3.63, 3.8) is 0 Å². The van der Waals surface area contributed by atoms with Gasteiger partial charge in [-0.1, -0.05) is 0 Å². The topological polar surface area (TPSA) is 29.9 Å². The van der Waals surface area contributed by atoms with Gasteiger partial charge in [-0.3, -0.25) is 0 Å². The number of hydrogen-bond donors (Lipinski definition) is 1. The highest BCUT2D eigenvalue weighted by atomic mass is 79.9. The van der Waals surface area contributed by atoms with Gasteiger partial charge in [0.05, 0.1) is 12.5 Å². The lowest BCUT2D eigenvalue weighted by Crippen LogP contribution is -2.26. The lowest BCUT2D eigenvalue weighted by atomic mass is 10.2. The van der Waals surface area contributed by atoms with Gasteiger partial charge in [0.25, 0.3) is 0 Å². The van der Waals surface area contributed by atoms with Crippen molar-refractivity contribution in [1.29, 1.82) is 0 Å². The molecular weight excluding hydrogens is 218 g/mol. The molecule has 0 radical (unpaired) electrons. The maximum Gasteiger partial charge on any atom is 0.104 e. The van der Waals surface area contributed by atoms with Gasteiger partial charge in [-0.15, -0.1) is 0 Å². The Hall–Kier alpha value is -0.350. The van der Waals surface area contributed by atoms with Crippen LogP contribution in [-0.2, 0) is 6.54 Å². The molecule has 0 saturated carbocycles. The lowest BCUT2D eigenvalue weighted by molar-refractivity contribution is 0.504. The molecule has 1 aromatic heterocycles. The Bertz CT molecular complexity index is 253. The molecule has 1 N–H and O–H groups in total. The highest BCUT2D eigenvalue weighted by Gasteiger charge is 2.14. The number of aromatic nitrogens is 2. The minimum absolute atomic E-state index is 0.635. The number of imidazole rings is 1. The predicted octanol–water partition coefficient (Wildman–Crippen LogP) is 1.40. The molecule has 1 saturated heterocycles. The number of nitrogens with zero attached hydrogens (tertiary/aromatic N) is 2. The van der Waals surface area contributed by atoms with Crippen molar-refractivity contribution in [3.05, 3.63) is 17.1 Å². The summed E-state index contributed by atoms with van der Waals surface area (Å²) in [5.74, 6) is 0. The van der Waals surface area contributed by atoms with Crippen LogP contribution in [0.25, 0.3) is 0 Å². The first-order valence-corrected chi connectivity index (χ1v) is 5.04. The second-order valence-electron chi connectivity index (χ2n) is 3.16. The van der Waals surface area contributed by atoms with Crippen LogP contribution < -0.4 is 5.32 Å². The fourth-order valence-corrected chi connectivity index (χ4v) is 1.94. The predicted molar refractivity (Wildman–Crippen MR) is 51.0 cm³/mol. The summed E-state index contributed by atoms with van der Waals surface area (Å²) in [7, 11) is 0. The molecule has 1 aliphatic heterocycles. The molecule has 1 fully saturated rings. The van der Waals surface area contributed by atoms with Gasteiger partial charge in [0.2, 0.25) is 0 Å². The first-order chi connectivity index (χ1) is 5.86. The Morgan fingerprint density at radius 3 is 3.25 bits per heavy atom. The molecule has 1 atom stereocenters. The Morgan fingerprint density at radius 2 is 2.67 bits per heavy atom. The average molecular weight is 230 g/mol. The standard InChI is InChI=1S/C8H12BrN3/c9-8-4-10-6-12(8)5-7-2-1-3-11-7/h4,6-7,11H,1-3,5H2. The van der Waals surface area contributed by atoms with E-state index in [-0.39, 0.29) is 0 Å². The van der Waals surface area contributed by atoms with Crippen molar-refractivity contribution in [2.45, 2.75) is 25.4 Å². The van der Waals surface area contributed by atoms with Crippen LogP contribution in [0.1, 0.15) is 12.8 Å². The summed E-state index contributed by atoms with van der Waals surface area (Å²) in [4.78, 5) is 4.05. The second-order valence-corrected chi connectivity index (χ2v) is 3.97. The first kappa shape index (κ1) is 8.26. The first-order valence-electron chi connectivity index (χ1n) is 4.25. The maximum absolute atomic E-state index is 4.05. The van der Waals surface area contributed by atoms with E-state index >= 15 is 0 Å². The van der Waals surface area contributed by atoms with Crippen LogP contribution in [0.5, 0.6) is 0 Å². The molecule has 0 bridgehead atoms. The van der Waals surface area contributed by atoms with E-state index in [1.165, 1.54) is 12.8 Å². The van der Waals surface area contributed by atoms with Gasteiger partial charge in [-0.2, -0.15) is 0 Å². The molecule has 3 nitrogen and oxygen atoms in total. The SMILES string of the molecule is Brc1cncn1CC1CCCN1. The molecule has 2 heterocycles. The molecule has 1 aromatic rings. The van der Waals surface area contributed by atoms with Crippen LogP contribution in [-0.4, -0.2) is 22.1 Å². The van der Waals surface area contributed by atoms with Gasteiger partial charge in [-0.25, -0.2) is 4.98 Å². The lowest BCUT2D eigenvalue weighted by Gasteiger charge is -2.11. The maximum atomic E-state index is 4.05. The Morgan fingerprint density at radius 1 is 1.75 bits per heavy atom. The van der Waals surface area contributed by atoms with E-state index in [9.17, 15) is 0 Å². The van der Waals surface area contributed by atoms with E-state index in [0.717, 1.165) is 17.7 Å². The summed E-state index contributed by atoms with van der Waals surface area (Å²) in [6.45, 7) is 2.19. The van der Waals surface area contributed by atoms with Gasteiger partial charge in [0.15, 0.2) is 0 Å². The fourth-order valence-electron chi connectivity index (χ4n) is 1.59. The van der Waals surface area contributed by atoms with Crippen LogP contribution in [0.2, 0.25) is 0 Å². The zero-order valence-electron chi connectivity index (χ0n) is 6.83. The third-order valence-corrected chi connectivity index (χ3v) is 2.90. The summed E-state index contributed by atoms with van der Waals surface area (Å²) < 4.78 is 3.19. The molecule has 0 spiro atoms. The second kappa shape index (κ2) is 3.58. The van der Waals surface area contributed by atoms with Crippen LogP contribution >= 0.6 is 15.9 Å². The smallest absolute Gasteiger partial charge is 0.104 e. The summed E-state index contributed by atoms with van der Waals surface area (Å²) in [5.41, 5.74) is 0. The zero-order chi connectivity index (χ0) is 8.39. The van der Waals surface area contributed by atoms with Gasteiger partial charge in [0.1, 0.15) is 4.60 Å². The third kappa shape index (κ3) is 1.69. The van der Waals surface area contributed by atoms with E-state index in [2.05, 4.69) is 30.8 Å². The Balaban J connectivity index is 1.98. The molecule has 66 valence electrons. The van der Waals surface area contributed by atoms with Gasteiger partial charge < -0.3 is 9.88 Å². The summed E-state index contributed by atoms with van der Waals surface area (Å²) in [5, 5.41) is 3.45. The van der Waals surface area contributed by atoms with Crippen molar-refractivity contribution < 1.29 is 0 Å². The molecular formula is C8H12BrN3. The van der Waals surface area contributed by atoms with E-state index in [0.29, 0.717) is 6.04 Å². The number of nitrogens with one attached hydrogen (secondary N) is 1. The summed E-state index contributed by atoms with van der Waals surface area (Å²) in [6, 6.07) is 0.635. The van der Waals surface area contributed by atoms with E-state index in [1.807, 2.05) is 12.5 Å². The molecule has 0 aliphatic carbocycles. The highest BCUT2D eigenvalue weighted by Crippen LogP contribution is 2.12. The van der Waals surface area contributed by atoms with Gasteiger partial charge >= 0.3 is 0 Å². The minimum Gasteiger partial charge on any atom is -0.324 e. The van der Waals surface area contributed by atoms with Crippen LogP contribution in [0, 0.1) is 0 Å². The Labute approximate surface area is 80.3 Å². The van der Waals surface area contributed by atoms with Crippen molar-refractivity contribution in [2.75, 3.05) is 6.54 Å². The zero-order valence-corrected chi connectivity index (χ0v) is 8.42. The number of hydrogen-bond acceptors (Lipinski definition) is 2. The molecule has 1 unspecified atom stereocenters. The molecule has 2 rings (SSSR count). The number of halogens is 1. The van der Waals surface area contributed by atoms with Crippen molar-refractivity contribution in [1.82, 2.24) is 14.9 Å². The van der Waals surface area contributed by atoms with Crippen molar-refractivity contribution in [3.8, 4) is 0 Å². The molecule has 0 amide bonds. The summed E-state index contributed by atoms with van der Waals surface area (Å²) >= 11 is 3.45. The Kier molecular flexibility index (Phi) is 2.46. The highest BCUT2D eigenvalue weighted by molar-refractivity contribution is 9.10. The van der Waals surface area contributed by atoms with E-state index < -0.39 is 0 Å². The van der Waals surface area contributed by atoms with E-state index in [1.54, 1.807) is 0 Å². The largest absolute Gasteiger partial charge is 0.324 e. The third-order valence-electron chi connectivity index (χ3n) is 2.24. The molecule has 0 aromatic carbocycles. The van der Waals surface area contributed by atoms with Crippen LogP contribution in [0.3, 0.4) is 0 Å². The van der Waals surface area contributed by atoms with Crippen LogP contribution in [0.15, 0.2) is 17.1 Å². The normalized spacial score (nSPS) is 23.2. The van der Waals surface area contributed by atoms with Gasteiger partial charge in [0, 0.05) is 12.6 Å². The van der Waals surface area contributed by atoms with Crippen molar-refractivity contribution in [2.24, 2.45) is 0 Å². The molecule has 12 heavy (non-hydrogen) atoms. The number of rotatable bonds is 2. The van der Waals surface area contributed by atoms with Crippen molar-refractivity contribution >= 4 is 15.9 Å². The van der Waals surface area contributed by atoms with Crippen LogP contribution in [0.4, 0.5) is 0 Å². The monoisotopic (exact) mass is 229 g/mol. The quantitative estimate of drug-likeness (QED) is 0.832. The average Bonchev–Trinajstić information content (AvgIpc) is 2.65. The fraction of sp³-hybridized carbons (Fsp3) is 0.625. The molecule has 1 aliphatic rings. The van der Waals surface area contributed by atoms with E-state index in [4.69, 9.17) is 0 Å². The minimum atomic E-state index is 0.635. The van der Waals surface area contributed by atoms with Gasteiger partial charge in [-0.05, 0) is 35.3 Å². The molecule has 4 heteroatoms. The summed E-state index contributed by atoms with van der Waals surface area (Å²) in [6.07, 6.45) is 6.28.